The number of nitrogens with zero attached hydrogens (tertiary/aromatic N) is 2. The molecule has 8 heteroatoms. The van der Waals surface area contributed by atoms with Gasteiger partial charge in [-0.25, -0.2) is 4.98 Å². The van der Waals surface area contributed by atoms with E-state index in [1.807, 2.05) is 0 Å². The van der Waals surface area contributed by atoms with Gasteiger partial charge in [-0.15, -0.1) is 0 Å². The zero-order valence-corrected chi connectivity index (χ0v) is 9.59. The molecule has 0 spiro atoms. The van der Waals surface area contributed by atoms with Crippen LogP contribution in [0.1, 0.15) is 26.5 Å². The fourth-order valence-corrected chi connectivity index (χ4v) is 1.35. The molecule has 1 aromatic rings. The molecular weight excluding hydrogens is 236 g/mol. The summed E-state index contributed by atoms with van der Waals surface area (Å²) in [5.74, 6) is -1.51. The van der Waals surface area contributed by atoms with Crippen molar-refractivity contribution in [3.8, 4) is 0 Å². The van der Waals surface area contributed by atoms with Crippen molar-refractivity contribution in [2.75, 3.05) is 6.54 Å². The van der Waals surface area contributed by atoms with E-state index in [1.54, 1.807) is 6.07 Å². The molecule has 96 valence electrons. The largest absolute Gasteiger partial charge is 0.370 e. The van der Waals surface area contributed by atoms with Crippen LogP contribution in [0.15, 0.2) is 17.1 Å². The fraction of sp³-hybridized carbons (Fsp3) is 0.200. The van der Waals surface area contributed by atoms with Gasteiger partial charge in [-0.3, -0.25) is 14.6 Å². The van der Waals surface area contributed by atoms with Crippen molar-refractivity contribution in [2.45, 2.75) is 6.42 Å². The number of hydrogen-bond donors (Lipinski definition) is 4. The van der Waals surface area contributed by atoms with Gasteiger partial charge in [0, 0.05) is 6.54 Å². The highest BCUT2D eigenvalue weighted by Crippen LogP contribution is 2.08. The smallest absolute Gasteiger partial charge is 0.267 e. The molecule has 1 rings (SSSR count). The maximum Gasteiger partial charge on any atom is 0.267 e. The average Bonchev–Trinajstić information content (AvgIpc) is 2.28. The summed E-state index contributed by atoms with van der Waals surface area (Å²) in [6.45, 7) is 0.292. The van der Waals surface area contributed by atoms with Crippen LogP contribution in [0.3, 0.4) is 0 Å². The Morgan fingerprint density at radius 1 is 1.11 bits per heavy atom. The third kappa shape index (κ3) is 3.44. The molecule has 0 unspecified atom stereocenters. The number of aromatic nitrogens is 1. The normalized spacial score (nSPS) is 9.78. The number of guanidine groups is 1. The molecule has 1 aromatic heterocycles. The number of carbonyl (C=O) groups is 2. The molecule has 0 aromatic carbocycles. The molecule has 2 amide bonds. The van der Waals surface area contributed by atoms with Crippen LogP contribution in [0.4, 0.5) is 0 Å². The first-order chi connectivity index (χ1) is 8.41. The van der Waals surface area contributed by atoms with E-state index in [0.29, 0.717) is 18.5 Å². The predicted octanol–water partition coefficient (Wildman–Crippen LogP) is -1.90. The fourth-order valence-electron chi connectivity index (χ4n) is 1.35. The van der Waals surface area contributed by atoms with Crippen LogP contribution in [-0.4, -0.2) is 29.3 Å². The Morgan fingerprint density at radius 3 is 2.28 bits per heavy atom. The van der Waals surface area contributed by atoms with E-state index in [4.69, 9.17) is 22.9 Å². The van der Waals surface area contributed by atoms with Crippen molar-refractivity contribution in [1.82, 2.24) is 4.98 Å². The van der Waals surface area contributed by atoms with Gasteiger partial charge in [0.2, 0.25) is 0 Å². The molecular formula is C10H14N6O2. The first kappa shape index (κ1) is 13.4. The molecule has 0 aliphatic heterocycles. The first-order valence-electron chi connectivity index (χ1n) is 5.06. The Labute approximate surface area is 103 Å². The van der Waals surface area contributed by atoms with E-state index >= 15 is 0 Å². The molecule has 8 N–H and O–H groups in total. The topological polar surface area (TPSA) is 163 Å². The van der Waals surface area contributed by atoms with Crippen LogP contribution in [0.2, 0.25) is 0 Å². The van der Waals surface area contributed by atoms with Crippen molar-refractivity contribution in [3.05, 3.63) is 29.1 Å². The highest BCUT2D eigenvalue weighted by atomic mass is 16.1. The van der Waals surface area contributed by atoms with Crippen molar-refractivity contribution < 1.29 is 9.59 Å². The van der Waals surface area contributed by atoms with Crippen LogP contribution in [-0.2, 0) is 6.42 Å². The van der Waals surface area contributed by atoms with Gasteiger partial charge in [-0.2, -0.15) is 0 Å². The first-order valence-corrected chi connectivity index (χ1v) is 5.06. The molecule has 0 saturated heterocycles. The number of primary amides is 2. The predicted molar refractivity (Wildman–Crippen MR) is 65.7 cm³/mol. The summed E-state index contributed by atoms with van der Waals surface area (Å²) in [6.07, 6.45) is 0.377. The number of pyridine rings is 1. The Balaban J connectivity index is 3.01. The summed E-state index contributed by atoms with van der Waals surface area (Å²) in [4.78, 5) is 29.7. The van der Waals surface area contributed by atoms with Gasteiger partial charge in [0.25, 0.3) is 11.8 Å². The van der Waals surface area contributed by atoms with Crippen LogP contribution >= 0.6 is 0 Å². The zero-order valence-electron chi connectivity index (χ0n) is 9.59. The quantitative estimate of drug-likeness (QED) is 0.353. The number of aliphatic imine (C=N–C) groups is 1. The number of amides is 2. The number of hydrogen-bond acceptors (Lipinski definition) is 4. The lowest BCUT2D eigenvalue weighted by atomic mass is 10.1. The molecule has 0 aliphatic carbocycles. The van der Waals surface area contributed by atoms with Crippen LogP contribution in [0, 0.1) is 0 Å². The van der Waals surface area contributed by atoms with Crippen molar-refractivity contribution >= 4 is 17.8 Å². The van der Waals surface area contributed by atoms with Crippen LogP contribution in [0.5, 0.6) is 0 Å². The van der Waals surface area contributed by atoms with Crippen LogP contribution in [0.25, 0.3) is 0 Å². The SMILES string of the molecule is NC(=O)c1ccc(CCN=C(N)N)c(C(N)=O)n1. The highest BCUT2D eigenvalue weighted by molar-refractivity contribution is 5.95. The summed E-state index contributed by atoms with van der Waals surface area (Å²) in [5.41, 5.74) is 21.1. The van der Waals surface area contributed by atoms with Crippen molar-refractivity contribution in [2.24, 2.45) is 27.9 Å². The van der Waals surface area contributed by atoms with Gasteiger partial charge in [0.1, 0.15) is 11.4 Å². The lowest BCUT2D eigenvalue weighted by molar-refractivity contribution is 0.0991. The molecule has 1 heterocycles. The Kier molecular flexibility index (Phi) is 4.19. The second kappa shape index (κ2) is 5.62. The third-order valence-electron chi connectivity index (χ3n) is 2.14. The van der Waals surface area contributed by atoms with E-state index in [-0.39, 0.29) is 17.3 Å². The standard InChI is InChI=1S/C10H14N6O2/c11-8(17)6-2-1-5(3-4-15-10(13)14)7(16-6)9(12)18/h1-2H,3-4H2,(H2,11,17)(H2,12,18)(H4,13,14,15). The zero-order chi connectivity index (χ0) is 13.7. The Morgan fingerprint density at radius 2 is 1.78 bits per heavy atom. The van der Waals surface area contributed by atoms with Crippen molar-refractivity contribution in [1.29, 1.82) is 0 Å². The summed E-state index contributed by atoms with van der Waals surface area (Å²) >= 11 is 0. The van der Waals surface area contributed by atoms with Gasteiger partial charge in [-0.05, 0) is 18.1 Å². The minimum Gasteiger partial charge on any atom is -0.370 e. The average molecular weight is 250 g/mol. The number of nitrogens with two attached hydrogens (primary N) is 4. The molecule has 0 fully saturated rings. The lowest BCUT2D eigenvalue weighted by Gasteiger charge is -2.05. The minimum absolute atomic E-state index is 0.00269. The van der Waals surface area contributed by atoms with Crippen molar-refractivity contribution in [3.63, 3.8) is 0 Å². The summed E-state index contributed by atoms with van der Waals surface area (Å²) in [6, 6.07) is 2.97. The van der Waals surface area contributed by atoms with Gasteiger partial charge in [0.15, 0.2) is 5.96 Å². The molecule has 8 nitrogen and oxygen atoms in total. The molecule has 0 saturated carbocycles. The minimum atomic E-state index is -0.738. The van der Waals surface area contributed by atoms with Crippen LogP contribution < -0.4 is 22.9 Å². The molecule has 0 radical (unpaired) electrons. The van der Waals surface area contributed by atoms with E-state index in [1.165, 1.54) is 6.07 Å². The molecule has 0 aliphatic rings. The van der Waals surface area contributed by atoms with E-state index < -0.39 is 11.8 Å². The number of carbonyl (C=O) groups excluding carboxylic acids is 2. The second-order valence-corrected chi connectivity index (χ2v) is 3.49. The van der Waals surface area contributed by atoms with Gasteiger partial charge in [-0.1, -0.05) is 6.07 Å². The maximum absolute atomic E-state index is 11.2. The van der Waals surface area contributed by atoms with E-state index in [2.05, 4.69) is 9.98 Å². The monoisotopic (exact) mass is 250 g/mol. The highest BCUT2D eigenvalue weighted by Gasteiger charge is 2.13. The van der Waals surface area contributed by atoms with E-state index in [9.17, 15) is 9.59 Å². The number of rotatable bonds is 5. The molecule has 0 bridgehead atoms. The lowest BCUT2D eigenvalue weighted by Crippen LogP contribution is -2.24. The third-order valence-corrected chi connectivity index (χ3v) is 2.14. The summed E-state index contributed by atoms with van der Waals surface area (Å²) in [7, 11) is 0. The van der Waals surface area contributed by atoms with Gasteiger partial charge >= 0.3 is 0 Å². The molecule has 0 atom stereocenters. The summed E-state index contributed by atoms with van der Waals surface area (Å²) < 4.78 is 0. The summed E-state index contributed by atoms with van der Waals surface area (Å²) in [5, 5.41) is 0. The van der Waals surface area contributed by atoms with E-state index in [0.717, 1.165) is 0 Å². The Bertz CT molecular complexity index is 507. The molecule has 18 heavy (non-hydrogen) atoms. The Hall–Kier alpha value is -2.64. The van der Waals surface area contributed by atoms with Gasteiger partial charge < -0.3 is 22.9 Å². The van der Waals surface area contributed by atoms with Gasteiger partial charge in [0.05, 0.1) is 0 Å². The second-order valence-electron chi connectivity index (χ2n) is 3.49. The maximum atomic E-state index is 11.2.